The predicted octanol–water partition coefficient (Wildman–Crippen LogP) is 2.98. The smallest absolute Gasteiger partial charge is 0.162 e. The Balaban J connectivity index is 2.49. The summed E-state index contributed by atoms with van der Waals surface area (Å²) < 4.78 is 5.66. The lowest BCUT2D eigenvalue weighted by Crippen LogP contribution is -2.38. The molecule has 4 heteroatoms. The van der Waals surface area contributed by atoms with E-state index in [4.69, 9.17) is 14.7 Å². The van der Waals surface area contributed by atoms with E-state index >= 15 is 0 Å². The van der Waals surface area contributed by atoms with Gasteiger partial charge in [0.25, 0.3) is 0 Å². The minimum Gasteiger partial charge on any atom is -0.373 e. The van der Waals surface area contributed by atoms with Gasteiger partial charge in [-0.3, -0.25) is 0 Å². The van der Waals surface area contributed by atoms with Crippen LogP contribution in [0.5, 0.6) is 0 Å². The number of hydrogen-bond acceptors (Lipinski definition) is 4. The SMILES string of the molecule is CNc1nc(C2(OC)CCC2)nc(C)c1C(C)C. The van der Waals surface area contributed by atoms with E-state index in [2.05, 4.69) is 26.1 Å². The summed E-state index contributed by atoms with van der Waals surface area (Å²) in [6, 6.07) is 0. The molecule has 0 atom stereocenters. The monoisotopic (exact) mass is 249 g/mol. The molecule has 0 bridgehead atoms. The maximum atomic E-state index is 5.66. The number of nitrogens with one attached hydrogen (secondary N) is 1. The molecule has 1 saturated carbocycles. The van der Waals surface area contributed by atoms with Gasteiger partial charge in [0.15, 0.2) is 5.82 Å². The fourth-order valence-corrected chi connectivity index (χ4v) is 2.68. The third-order valence-electron chi connectivity index (χ3n) is 3.91. The summed E-state index contributed by atoms with van der Waals surface area (Å²) in [7, 11) is 3.67. The standard InChI is InChI=1S/C14H23N3O/c1-9(2)11-10(3)16-13(17-12(11)15-4)14(18-5)7-6-8-14/h9H,6-8H2,1-5H3,(H,15,16,17). The highest BCUT2D eigenvalue weighted by Gasteiger charge is 2.42. The molecule has 0 aromatic carbocycles. The summed E-state index contributed by atoms with van der Waals surface area (Å²) in [5.74, 6) is 2.19. The number of methoxy groups -OCH3 is 1. The van der Waals surface area contributed by atoms with Gasteiger partial charge in [0.2, 0.25) is 0 Å². The first-order valence-corrected chi connectivity index (χ1v) is 6.66. The fraction of sp³-hybridized carbons (Fsp3) is 0.714. The largest absolute Gasteiger partial charge is 0.373 e. The van der Waals surface area contributed by atoms with E-state index in [1.807, 2.05) is 7.05 Å². The summed E-state index contributed by atoms with van der Waals surface area (Å²) in [6.07, 6.45) is 3.23. The van der Waals surface area contributed by atoms with Gasteiger partial charge >= 0.3 is 0 Å². The summed E-state index contributed by atoms with van der Waals surface area (Å²) in [6.45, 7) is 6.40. The summed E-state index contributed by atoms with van der Waals surface area (Å²) in [5.41, 5.74) is 2.01. The van der Waals surface area contributed by atoms with Crippen molar-refractivity contribution < 1.29 is 4.74 Å². The van der Waals surface area contributed by atoms with Crippen LogP contribution in [0.25, 0.3) is 0 Å². The van der Waals surface area contributed by atoms with Gasteiger partial charge in [0.1, 0.15) is 11.4 Å². The summed E-state index contributed by atoms with van der Waals surface area (Å²) in [4.78, 5) is 9.38. The highest BCUT2D eigenvalue weighted by Crippen LogP contribution is 2.43. The molecule has 0 saturated heterocycles. The number of aryl methyl sites for hydroxylation is 1. The van der Waals surface area contributed by atoms with E-state index in [1.165, 1.54) is 12.0 Å². The molecule has 100 valence electrons. The maximum absolute atomic E-state index is 5.66. The van der Waals surface area contributed by atoms with E-state index in [1.54, 1.807) is 7.11 Å². The molecule has 4 nitrogen and oxygen atoms in total. The van der Waals surface area contributed by atoms with Crippen molar-refractivity contribution in [1.29, 1.82) is 0 Å². The Hall–Kier alpha value is -1.16. The zero-order chi connectivity index (χ0) is 13.3. The molecule has 0 radical (unpaired) electrons. The highest BCUT2D eigenvalue weighted by molar-refractivity contribution is 5.48. The van der Waals surface area contributed by atoms with Gasteiger partial charge in [0.05, 0.1) is 0 Å². The van der Waals surface area contributed by atoms with Crippen LogP contribution in [-0.2, 0) is 10.3 Å². The van der Waals surface area contributed by atoms with E-state index in [9.17, 15) is 0 Å². The fourth-order valence-electron chi connectivity index (χ4n) is 2.68. The van der Waals surface area contributed by atoms with Crippen molar-refractivity contribution in [3.05, 3.63) is 17.1 Å². The van der Waals surface area contributed by atoms with Crippen LogP contribution in [0.15, 0.2) is 0 Å². The Morgan fingerprint density at radius 1 is 1.28 bits per heavy atom. The van der Waals surface area contributed by atoms with Crippen LogP contribution in [0.3, 0.4) is 0 Å². The number of nitrogens with zero attached hydrogens (tertiary/aromatic N) is 2. The van der Waals surface area contributed by atoms with Gasteiger partial charge in [0, 0.05) is 25.4 Å². The molecule has 0 spiro atoms. The van der Waals surface area contributed by atoms with E-state index in [0.29, 0.717) is 5.92 Å². The Kier molecular flexibility index (Phi) is 3.57. The molecular formula is C14H23N3O. The average molecular weight is 249 g/mol. The van der Waals surface area contributed by atoms with Gasteiger partial charge in [-0.25, -0.2) is 9.97 Å². The first-order valence-electron chi connectivity index (χ1n) is 6.66. The molecule has 0 amide bonds. The predicted molar refractivity (Wildman–Crippen MR) is 72.9 cm³/mol. The summed E-state index contributed by atoms with van der Waals surface area (Å²) >= 11 is 0. The highest BCUT2D eigenvalue weighted by atomic mass is 16.5. The first-order chi connectivity index (χ1) is 8.54. The van der Waals surface area contributed by atoms with Crippen LogP contribution >= 0.6 is 0 Å². The Bertz CT molecular complexity index is 433. The Morgan fingerprint density at radius 2 is 1.94 bits per heavy atom. The minimum atomic E-state index is -0.244. The molecule has 2 rings (SSSR count). The van der Waals surface area contributed by atoms with Crippen molar-refractivity contribution in [1.82, 2.24) is 9.97 Å². The Morgan fingerprint density at radius 3 is 2.33 bits per heavy atom. The van der Waals surface area contributed by atoms with Gasteiger partial charge in [-0.1, -0.05) is 13.8 Å². The zero-order valence-electron chi connectivity index (χ0n) is 12.0. The molecule has 1 heterocycles. The summed E-state index contributed by atoms with van der Waals surface area (Å²) in [5, 5.41) is 3.20. The first kappa shape index (κ1) is 13.3. The number of ether oxygens (including phenoxy) is 1. The van der Waals surface area contributed by atoms with Crippen LogP contribution < -0.4 is 5.32 Å². The van der Waals surface area contributed by atoms with Crippen LogP contribution in [0.1, 0.15) is 56.1 Å². The second kappa shape index (κ2) is 4.84. The van der Waals surface area contributed by atoms with Crippen LogP contribution in [0.4, 0.5) is 5.82 Å². The van der Waals surface area contributed by atoms with Crippen molar-refractivity contribution in [2.24, 2.45) is 0 Å². The van der Waals surface area contributed by atoms with E-state index < -0.39 is 0 Å². The van der Waals surface area contributed by atoms with Crippen LogP contribution in [0.2, 0.25) is 0 Å². The number of rotatable bonds is 4. The lowest BCUT2D eigenvalue weighted by Gasteiger charge is -2.39. The normalized spacial score (nSPS) is 17.7. The van der Waals surface area contributed by atoms with Crippen molar-refractivity contribution in [2.75, 3.05) is 19.5 Å². The van der Waals surface area contributed by atoms with Crippen LogP contribution in [0, 0.1) is 6.92 Å². The molecule has 1 aromatic heterocycles. The maximum Gasteiger partial charge on any atom is 0.162 e. The number of anilines is 1. The third-order valence-corrected chi connectivity index (χ3v) is 3.91. The lowest BCUT2D eigenvalue weighted by molar-refractivity contribution is -0.0846. The molecule has 0 unspecified atom stereocenters. The Labute approximate surface area is 109 Å². The molecule has 0 aliphatic heterocycles. The third kappa shape index (κ3) is 1.99. The minimum absolute atomic E-state index is 0.244. The van der Waals surface area contributed by atoms with Crippen molar-refractivity contribution in [3.63, 3.8) is 0 Å². The molecule has 1 N–H and O–H groups in total. The van der Waals surface area contributed by atoms with Crippen molar-refractivity contribution in [3.8, 4) is 0 Å². The lowest BCUT2D eigenvalue weighted by atomic mass is 9.79. The molecule has 1 aliphatic rings. The van der Waals surface area contributed by atoms with Crippen LogP contribution in [-0.4, -0.2) is 24.1 Å². The molecular weight excluding hydrogens is 226 g/mol. The van der Waals surface area contributed by atoms with E-state index in [0.717, 1.165) is 30.2 Å². The molecule has 18 heavy (non-hydrogen) atoms. The second-order valence-corrected chi connectivity index (χ2v) is 5.35. The van der Waals surface area contributed by atoms with E-state index in [-0.39, 0.29) is 5.60 Å². The number of hydrogen-bond donors (Lipinski definition) is 1. The van der Waals surface area contributed by atoms with Gasteiger partial charge in [-0.2, -0.15) is 0 Å². The zero-order valence-corrected chi connectivity index (χ0v) is 12.0. The molecule has 1 aliphatic carbocycles. The van der Waals surface area contributed by atoms with Crippen molar-refractivity contribution in [2.45, 2.75) is 51.6 Å². The average Bonchev–Trinajstić information content (AvgIpc) is 2.26. The quantitative estimate of drug-likeness (QED) is 0.891. The number of aromatic nitrogens is 2. The molecule has 1 fully saturated rings. The topological polar surface area (TPSA) is 47.0 Å². The second-order valence-electron chi connectivity index (χ2n) is 5.35. The van der Waals surface area contributed by atoms with Gasteiger partial charge in [-0.05, 0) is 32.1 Å². The van der Waals surface area contributed by atoms with Gasteiger partial charge < -0.3 is 10.1 Å². The van der Waals surface area contributed by atoms with Crippen molar-refractivity contribution >= 4 is 5.82 Å². The van der Waals surface area contributed by atoms with Gasteiger partial charge in [-0.15, -0.1) is 0 Å². The molecule has 1 aromatic rings.